The summed E-state index contributed by atoms with van der Waals surface area (Å²) in [5.41, 5.74) is 3.88. The van der Waals surface area contributed by atoms with Crippen molar-refractivity contribution in [1.82, 2.24) is 9.78 Å². The van der Waals surface area contributed by atoms with E-state index in [-0.39, 0.29) is 6.10 Å². The van der Waals surface area contributed by atoms with Crippen LogP contribution in [0.2, 0.25) is 0 Å². The fraction of sp³-hybridized carbons (Fsp3) is 0.235. The molecule has 21 heavy (non-hydrogen) atoms. The van der Waals surface area contributed by atoms with E-state index in [9.17, 15) is 0 Å². The largest absolute Gasteiger partial charge is 0.371 e. The van der Waals surface area contributed by atoms with Gasteiger partial charge in [-0.25, -0.2) is 0 Å². The number of aromatic nitrogens is 2. The van der Waals surface area contributed by atoms with Gasteiger partial charge in [-0.05, 0) is 52.3 Å². The van der Waals surface area contributed by atoms with Crippen molar-refractivity contribution < 1.29 is 4.74 Å². The first-order valence-electron chi connectivity index (χ1n) is 7.12. The Morgan fingerprint density at radius 1 is 1.24 bits per heavy atom. The summed E-state index contributed by atoms with van der Waals surface area (Å²) in [5.74, 6) is 0. The number of benzene rings is 2. The number of hydrogen-bond donors (Lipinski definition) is 0. The van der Waals surface area contributed by atoms with Gasteiger partial charge < -0.3 is 4.74 Å². The fourth-order valence-corrected chi connectivity index (χ4v) is 3.45. The lowest BCUT2D eigenvalue weighted by molar-refractivity contribution is 0.0291. The summed E-state index contributed by atoms with van der Waals surface area (Å²) in [6.45, 7) is 1.55. The van der Waals surface area contributed by atoms with E-state index in [0.717, 1.165) is 19.6 Å². The normalized spacial score (nSPS) is 17.9. The number of rotatable bonds is 2. The molecule has 106 valence electrons. The molecule has 0 saturated carbocycles. The van der Waals surface area contributed by atoms with E-state index in [1.807, 2.05) is 6.20 Å². The van der Waals surface area contributed by atoms with Crippen LogP contribution in [0.5, 0.6) is 0 Å². The lowest BCUT2D eigenvalue weighted by atomic mass is 9.97. The highest BCUT2D eigenvalue weighted by Gasteiger charge is 2.21. The third-order valence-corrected chi connectivity index (χ3v) is 4.71. The molecule has 1 atom stereocenters. The van der Waals surface area contributed by atoms with Gasteiger partial charge in [-0.2, -0.15) is 5.10 Å². The molecule has 0 radical (unpaired) electrons. The number of hydrogen-bond acceptors (Lipinski definition) is 2. The van der Waals surface area contributed by atoms with Crippen LogP contribution in [-0.4, -0.2) is 16.4 Å². The summed E-state index contributed by atoms with van der Waals surface area (Å²) in [6.07, 6.45) is 3.03. The molecule has 4 rings (SSSR count). The van der Waals surface area contributed by atoms with Crippen molar-refractivity contribution in [2.45, 2.75) is 19.1 Å². The van der Waals surface area contributed by atoms with Crippen LogP contribution in [0.25, 0.3) is 10.9 Å². The predicted octanol–water partition coefficient (Wildman–Crippen LogP) is 3.95. The average Bonchev–Trinajstić information content (AvgIpc) is 2.90. The van der Waals surface area contributed by atoms with Gasteiger partial charge in [0.05, 0.1) is 24.9 Å². The van der Waals surface area contributed by atoms with Crippen LogP contribution in [0.4, 0.5) is 0 Å². The highest BCUT2D eigenvalue weighted by atomic mass is 127. The van der Waals surface area contributed by atoms with Crippen molar-refractivity contribution in [3.63, 3.8) is 0 Å². The number of ether oxygens (including phenoxy) is 1. The molecule has 1 aliphatic heterocycles. The molecule has 2 heterocycles. The van der Waals surface area contributed by atoms with Gasteiger partial charge in [0.2, 0.25) is 0 Å². The SMILES string of the molecule is Ic1ccc2cnn(CC3OCCc4ccccc43)c2c1. The van der Waals surface area contributed by atoms with Crippen LogP contribution in [0, 0.1) is 3.57 Å². The van der Waals surface area contributed by atoms with Crippen molar-refractivity contribution in [3.05, 3.63) is 63.4 Å². The molecule has 1 aliphatic rings. The quantitative estimate of drug-likeness (QED) is 0.620. The van der Waals surface area contributed by atoms with E-state index < -0.39 is 0 Å². The zero-order chi connectivity index (χ0) is 14.2. The maximum atomic E-state index is 5.99. The zero-order valence-electron chi connectivity index (χ0n) is 11.5. The Kier molecular flexibility index (Phi) is 3.43. The summed E-state index contributed by atoms with van der Waals surface area (Å²) in [5, 5.41) is 5.72. The molecule has 2 aromatic carbocycles. The maximum absolute atomic E-state index is 5.99. The molecule has 1 unspecified atom stereocenters. The average molecular weight is 390 g/mol. The van der Waals surface area contributed by atoms with E-state index in [1.165, 1.54) is 25.6 Å². The molecule has 0 aliphatic carbocycles. The van der Waals surface area contributed by atoms with Crippen LogP contribution in [0.15, 0.2) is 48.7 Å². The second-order valence-electron chi connectivity index (χ2n) is 5.34. The second kappa shape index (κ2) is 5.42. The maximum Gasteiger partial charge on any atom is 0.102 e. The molecule has 0 fully saturated rings. The number of nitrogens with zero attached hydrogens (tertiary/aromatic N) is 2. The Morgan fingerprint density at radius 2 is 2.14 bits per heavy atom. The zero-order valence-corrected chi connectivity index (χ0v) is 13.7. The smallest absolute Gasteiger partial charge is 0.102 e. The molecule has 3 nitrogen and oxygen atoms in total. The molecule has 3 aromatic rings. The monoisotopic (exact) mass is 390 g/mol. The minimum atomic E-state index is 0.0934. The first kappa shape index (κ1) is 13.3. The van der Waals surface area contributed by atoms with Crippen molar-refractivity contribution in [2.75, 3.05) is 6.61 Å². The summed E-state index contributed by atoms with van der Waals surface area (Å²) >= 11 is 2.34. The van der Waals surface area contributed by atoms with Crippen LogP contribution in [0.1, 0.15) is 17.2 Å². The van der Waals surface area contributed by atoms with Gasteiger partial charge in [0, 0.05) is 8.96 Å². The molecular formula is C17H15IN2O. The third-order valence-electron chi connectivity index (χ3n) is 4.04. The molecule has 4 heteroatoms. The molecule has 0 bridgehead atoms. The Hall–Kier alpha value is -1.40. The lowest BCUT2D eigenvalue weighted by Gasteiger charge is -2.26. The van der Waals surface area contributed by atoms with Crippen LogP contribution in [-0.2, 0) is 17.7 Å². The van der Waals surface area contributed by atoms with Gasteiger partial charge in [-0.15, -0.1) is 0 Å². The van der Waals surface area contributed by atoms with Gasteiger partial charge in [0.25, 0.3) is 0 Å². The topological polar surface area (TPSA) is 27.1 Å². The van der Waals surface area contributed by atoms with Gasteiger partial charge in [0.1, 0.15) is 6.10 Å². The lowest BCUT2D eigenvalue weighted by Crippen LogP contribution is -2.21. The highest BCUT2D eigenvalue weighted by Crippen LogP contribution is 2.29. The molecule has 1 aromatic heterocycles. The first-order chi connectivity index (χ1) is 10.3. The van der Waals surface area contributed by atoms with E-state index in [2.05, 4.69) is 74.8 Å². The van der Waals surface area contributed by atoms with Crippen molar-refractivity contribution in [1.29, 1.82) is 0 Å². The molecular weight excluding hydrogens is 375 g/mol. The Balaban J connectivity index is 1.71. The minimum Gasteiger partial charge on any atom is -0.371 e. The molecule has 0 saturated heterocycles. The summed E-state index contributed by atoms with van der Waals surface area (Å²) in [6, 6.07) is 15.0. The second-order valence-corrected chi connectivity index (χ2v) is 6.58. The van der Waals surface area contributed by atoms with Gasteiger partial charge in [-0.3, -0.25) is 4.68 Å². The summed E-state index contributed by atoms with van der Waals surface area (Å²) in [4.78, 5) is 0. The minimum absolute atomic E-state index is 0.0934. The van der Waals surface area contributed by atoms with Crippen LogP contribution >= 0.6 is 22.6 Å². The standard InChI is InChI=1S/C17H15IN2O/c18-14-6-5-13-10-19-20(16(13)9-14)11-17-15-4-2-1-3-12(15)7-8-21-17/h1-6,9-10,17H,7-8,11H2. The Labute approximate surface area is 137 Å². The summed E-state index contributed by atoms with van der Waals surface area (Å²) < 4.78 is 9.28. The Bertz CT molecular complexity index is 796. The number of fused-ring (bicyclic) bond motifs is 2. The highest BCUT2D eigenvalue weighted by molar-refractivity contribution is 14.1. The van der Waals surface area contributed by atoms with Crippen LogP contribution < -0.4 is 0 Å². The van der Waals surface area contributed by atoms with Crippen molar-refractivity contribution in [3.8, 4) is 0 Å². The van der Waals surface area contributed by atoms with Gasteiger partial charge >= 0.3 is 0 Å². The molecule has 0 spiro atoms. The summed E-state index contributed by atoms with van der Waals surface area (Å²) in [7, 11) is 0. The van der Waals surface area contributed by atoms with E-state index in [4.69, 9.17) is 4.74 Å². The molecule has 0 amide bonds. The van der Waals surface area contributed by atoms with Gasteiger partial charge in [-0.1, -0.05) is 30.3 Å². The Morgan fingerprint density at radius 3 is 3.10 bits per heavy atom. The van der Waals surface area contributed by atoms with Crippen molar-refractivity contribution in [2.24, 2.45) is 0 Å². The van der Waals surface area contributed by atoms with E-state index in [1.54, 1.807) is 0 Å². The van der Waals surface area contributed by atoms with E-state index >= 15 is 0 Å². The van der Waals surface area contributed by atoms with Crippen molar-refractivity contribution >= 4 is 33.5 Å². The number of halogens is 1. The first-order valence-corrected chi connectivity index (χ1v) is 8.19. The van der Waals surface area contributed by atoms with Gasteiger partial charge in [0.15, 0.2) is 0 Å². The molecule has 0 N–H and O–H groups in total. The third kappa shape index (κ3) is 2.46. The van der Waals surface area contributed by atoms with E-state index in [0.29, 0.717) is 0 Å². The fourth-order valence-electron chi connectivity index (χ4n) is 2.97. The predicted molar refractivity (Wildman–Crippen MR) is 91.3 cm³/mol. The van der Waals surface area contributed by atoms with Crippen LogP contribution in [0.3, 0.4) is 0 Å².